The number of ether oxygens (including phenoxy) is 2. The molecule has 0 radical (unpaired) electrons. The van der Waals surface area contributed by atoms with Crippen molar-refractivity contribution in [1.29, 1.82) is 0 Å². The molecule has 1 unspecified atom stereocenters. The van der Waals surface area contributed by atoms with Crippen LogP contribution in [0.1, 0.15) is 34.6 Å². The molecule has 8 heteroatoms. The van der Waals surface area contributed by atoms with Gasteiger partial charge in [0.2, 0.25) is 0 Å². The molecule has 3 aromatic rings. The smallest absolute Gasteiger partial charge is 0.258 e. The first kappa shape index (κ1) is 21.1. The molecule has 1 aliphatic rings. The van der Waals surface area contributed by atoms with Crippen LogP contribution in [0.25, 0.3) is 11.3 Å². The Morgan fingerprint density at radius 3 is 2.42 bits per heavy atom. The SMILES string of the molecule is COc1ccc(CN2C(=O)c3c(Cl)cc(-c4c(F)cccc4F)nc3C2C)c(OC)c1. The molecular formula is C23H19ClF2N2O3. The van der Waals surface area contributed by atoms with Gasteiger partial charge in [0.25, 0.3) is 5.91 Å². The van der Waals surface area contributed by atoms with Gasteiger partial charge in [-0.25, -0.2) is 13.8 Å². The van der Waals surface area contributed by atoms with Crippen molar-refractivity contribution in [2.75, 3.05) is 14.2 Å². The molecule has 0 N–H and O–H groups in total. The van der Waals surface area contributed by atoms with Crippen LogP contribution < -0.4 is 9.47 Å². The van der Waals surface area contributed by atoms with Gasteiger partial charge in [0.1, 0.15) is 23.1 Å². The molecule has 2 aromatic carbocycles. The van der Waals surface area contributed by atoms with Gasteiger partial charge in [-0.2, -0.15) is 0 Å². The molecule has 2 heterocycles. The van der Waals surface area contributed by atoms with Crippen LogP contribution in [0.3, 0.4) is 0 Å². The van der Waals surface area contributed by atoms with E-state index in [2.05, 4.69) is 4.98 Å². The van der Waals surface area contributed by atoms with E-state index in [-0.39, 0.29) is 34.3 Å². The fraction of sp³-hybridized carbons (Fsp3) is 0.217. The van der Waals surface area contributed by atoms with Crippen LogP contribution in [0.2, 0.25) is 5.02 Å². The second-order valence-corrected chi connectivity index (χ2v) is 7.54. The number of benzene rings is 2. The summed E-state index contributed by atoms with van der Waals surface area (Å²) in [4.78, 5) is 19.1. The molecule has 1 aromatic heterocycles. The van der Waals surface area contributed by atoms with Crippen LogP contribution in [0, 0.1) is 11.6 Å². The molecule has 31 heavy (non-hydrogen) atoms. The van der Waals surface area contributed by atoms with Gasteiger partial charge in [-0.1, -0.05) is 17.7 Å². The maximum Gasteiger partial charge on any atom is 0.258 e. The highest BCUT2D eigenvalue weighted by Gasteiger charge is 2.38. The fourth-order valence-electron chi connectivity index (χ4n) is 3.76. The van der Waals surface area contributed by atoms with E-state index in [0.29, 0.717) is 17.2 Å². The number of carbonyl (C=O) groups is 1. The molecule has 1 aliphatic heterocycles. The summed E-state index contributed by atoms with van der Waals surface area (Å²) in [6, 6.07) is 9.77. The summed E-state index contributed by atoms with van der Waals surface area (Å²) in [5.41, 5.74) is 1.16. The van der Waals surface area contributed by atoms with Crippen LogP contribution in [-0.2, 0) is 6.54 Å². The van der Waals surface area contributed by atoms with Crippen LogP contribution in [0.5, 0.6) is 11.5 Å². The third-order valence-electron chi connectivity index (χ3n) is 5.39. The highest BCUT2D eigenvalue weighted by molar-refractivity contribution is 6.34. The Kier molecular flexibility index (Phi) is 5.54. The Bertz CT molecular complexity index is 1170. The van der Waals surface area contributed by atoms with Gasteiger partial charge in [0.05, 0.1) is 54.3 Å². The number of hydrogen-bond donors (Lipinski definition) is 0. The van der Waals surface area contributed by atoms with Crippen molar-refractivity contribution >= 4 is 17.5 Å². The lowest BCUT2D eigenvalue weighted by Gasteiger charge is -2.23. The number of halogens is 3. The predicted octanol–water partition coefficient (Wildman–Crippen LogP) is 5.41. The van der Waals surface area contributed by atoms with Crippen LogP contribution in [-0.4, -0.2) is 30.0 Å². The van der Waals surface area contributed by atoms with E-state index in [1.165, 1.54) is 19.2 Å². The molecule has 0 spiro atoms. The molecule has 0 saturated heterocycles. The zero-order valence-corrected chi connectivity index (χ0v) is 17.8. The van der Waals surface area contributed by atoms with Crippen molar-refractivity contribution in [2.45, 2.75) is 19.5 Å². The topological polar surface area (TPSA) is 51.7 Å². The highest BCUT2D eigenvalue weighted by atomic mass is 35.5. The number of amides is 1. The molecule has 0 bridgehead atoms. The summed E-state index contributed by atoms with van der Waals surface area (Å²) in [6.07, 6.45) is 0. The maximum absolute atomic E-state index is 14.3. The Balaban J connectivity index is 1.73. The van der Waals surface area contributed by atoms with E-state index in [0.717, 1.165) is 17.7 Å². The van der Waals surface area contributed by atoms with Gasteiger partial charge in [0.15, 0.2) is 0 Å². The first-order chi connectivity index (χ1) is 14.8. The van der Waals surface area contributed by atoms with Crippen molar-refractivity contribution in [3.63, 3.8) is 0 Å². The van der Waals surface area contributed by atoms with E-state index in [1.54, 1.807) is 31.1 Å². The molecule has 0 fully saturated rings. The molecule has 5 nitrogen and oxygen atoms in total. The maximum atomic E-state index is 14.3. The van der Waals surface area contributed by atoms with Crippen LogP contribution >= 0.6 is 11.6 Å². The average Bonchev–Trinajstić information content (AvgIpc) is 2.99. The van der Waals surface area contributed by atoms with Gasteiger partial charge in [-0.3, -0.25) is 4.79 Å². The van der Waals surface area contributed by atoms with E-state index < -0.39 is 17.7 Å². The number of nitrogens with zero attached hydrogens (tertiary/aromatic N) is 2. The summed E-state index contributed by atoms with van der Waals surface area (Å²) in [6.45, 7) is 2.04. The zero-order chi connectivity index (χ0) is 22.3. The molecular weight excluding hydrogens is 426 g/mol. The number of carbonyl (C=O) groups excluding carboxylic acids is 1. The average molecular weight is 445 g/mol. The number of methoxy groups -OCH3 is 2. The Hall–Kier alpha value is -3.19. The fourth-order valence-corrected chi connectivity index (χ4v) is 4.04. The van der Waals surface area contributed by atoms with Crippen molar-refractivity contribution in [3.8, 4) is 22.8 Å². The minimum Gasteiger partial charge on any atom is -0.497 e. The van der Waals surface area contributed by atoms with Crippen molar-refractivity contribution in [2.24, 2.45) is 0 Å². The number of hydrogen-bond acceptors (Lipinski definition) is 4. The van der Waals surface area contributed by atoms with E-state index in [4.69, 9.17) is 21.1 Å². The lowest BCUT2D eigenvalue weighted by atomic mass is 10.1. The van der Waals surface area contributed by atoms with Crippen molar-refractivity contribution < 1.29 is 23.0 Å². The van der Waals surface area contributed by atoms with E-state index >= 15 is 0 Å². The Labute approximate surface area is 183 Å². The van der Waals surface area contributed by atoms with E-state index in [1.807, 2.05) is 6.07 Å². The number of rotatable bonds is 5. The first-order valence-corrected chi connectivity index (χ1v) is 9.90. The summed E-state index contributed by atoms with van der Waals surface area (Å²) in [7, 11) is 3.09. The van der Waals surface area contributed by atoms with Crippen molar-refractivity contribution in [1.82, 2.24) is 9.88 Å². The minimum absolute atomic E-state index is 0.0443. The molecule has 1 amide bonds. The second-order valence-electron chi connectivity index (χ2n) is 7.13. The monoisotopic (exact) mass is 444 g/mol. The highest BCUT2D eigenvalue weighted by Crippen LogP contribution is 2.40. The zero-order valence-electron chi connectivity index (χ0n) is 17.1. The molecule has 4 rings (SSSR count). The van der Waals surface area contributed by atoms with E-state index in [9.17, 15) is 13.6 Å². The Morgan fingerprint density at radius 2 is 1.77 bits per heavy atom. The largest absolute Gasteiger partial charge is 0.497 e. The predicted molar refractivity (Wildman–Crippen MR) is 112 cm³/mol. The Morgan fingerprint density at radius 1 is 1.06 bits per heavy atom. The second kappa shape index (κ2) is 8.15. The summed E-state index contributed by atoms with van der Waals surface area (Å²) < 4.78 is 39.2. The molecule has 1 atom stereocenters. The quantitative estimate of drug-likeness (QED) is 0.527. The van der Waals surface area contributed by atoms with Crippen molar-refractivity contribution in [3.05, 3.63) is 75.9 Å². The van der Waals surface area contributed by atoms with Gasteiger partial charge < -0.3 is 14.4 Å². The minimum atomic E-state index is -0.750. The molecule has 160 valence electrons. The number of pyridine rings is 1. The van der Waals surface area contributed by atoms with Crippen LogP contribution in [0.4, 0.5) is 8.78 Å². The summed E-state index contributed by atoms with van der Waals surface area (Å²) in [5, 5.41) is 0.101. The lowest BCUT2D eigenvalue weighted by Crippen LogP contribution is -2.26. The van der Waals surface area contributed by atoms with Gasteiger partial charge in [-0.05, 0) is 37.3 Å². The molecule has 0 aliphatic carbocycles. The lowest BCUT2D eigenvalue weighted by molar-refractivity contribution is 0.0720. The summed E-state index contributed by atoms with van der Waals surface area (Å²) >= 11 is 6.38. The normalized spacial score (nSPS) is 15.2. The number of aromatic nitrogens is 1. The van der Waals surface area contributed by atoms with Gasteiger partial charge in [-0.15, -0.1) is 0 Å². The standard InChI is InChI=1S/C23H19ClF2N2O3/c1-12-22-20(15(24)10-18(27-22)21-16(25)5-4-6-17(21)26)23(29)28(12)11-13-7-8-14(30-2)9-19(13)31-3/h4-10,12H,11H2,1-3H3. The van der Waals surface area contributed by atoms with Gasteiger partial charge in [0, 0.05) is 11.6 Å². The summed E-state index contributed by atoms with van der Waals surface area (Å²) in [5.74, 6) is -0.603. The third kappa shape index (κ3) is 3.59. The first-order valence-electron chi connectivity index (χ1n) is 9.52. The third-order valence-corrected chi connectivity index (χ3v) is 5.69. The molecule has 0 saturated carbocycles. The van der Waals surface area contributed by atoms with Crippen LogP contribution in [0.15, 0.2) is 42.5 Å². The van der Waals surface area contributed by atoms with Gasteiger partial charge >= 0.3 is 0 Å². The number of fused-ring (bicyclic) bond motifs is 1.